The van der Waals surface area contributed by atoms with Gasteiger partial charge in [-0.1, -0.05) is 0 Å². The molecule has 102 valence electrons. The number of hydrogen-bond donors (Lipinski definition) is 4. The maximum atomic E-state index is 11.3. The molecule has 0 spiro atoms. The fourth-order valence-corrected chi connectivity index (χ4v) is 1.06. The first-order valence-corrected chi connectivity index (χ1v) is 5.43. The highest BCUT2D eigenvalue weighted by Gasteiger charge is 2.15. The lowest BCUT2D eigenvalue weighted by molar-refractivity contribution is -0.129. The number of carbonyl (C=O) groups excluding carboxylic acids is 4. The van der Waals surface area contributed by atoms with Crippen molar-refractivity contribution in [3.63, 3.8) is 0 Å². The Kier molecular flexibility index (Phi) is 8.12. The van der Waals surface area contributed by atoms with Gasteiger partial charge in [-0.25, -0.2) is 0 Å². The molecule has 8 nitrogen and oxygen atoms in total. The van der Waals surface area contributed by atoms with Crippen molar-refractivity contribution in [2.24, 2.45) is 0 Å². The molecule has 3 amide bonds. The Morgan fingerprint density at radius 2 is 1.78 bits per heavy atom. The number of amides is 3. The summed E-state index contributed by atoms with van der Waals surface area (Å²) in [6.45, 7) is 1.29. The molecule has 0 aliphatic carbocycles. The highest BCUT2D eigenvalue weighted by Crippen LogP contribution is 1.81. The first-order valence-electron chi connectivity index (χ1n) is 5.43. The van der Waals surface area contributed by atoms with Crippen molar-refractivity contribution < 1.29 is 19.2 Å². The molecule has 0 aromatic rings. The van der Waals surface area contributed by atoms with Crippen LogP contribution in [-0.2, 0) is 19.2 Å². The van der Waals surface area contributed by atoms with Crippen molar-refractivity contribution >= 4 is 24.0 Å². The molecular formula is C10H18N4O4. The molecule has 0 aromatic heterocycles. The largest absolute Gasteiger partial charge is 0.348 e. The highest BCUT2D eigenvalue weighted by atomic mass is 16.2. The van der Waals surface area contributed by atoms with Crippen LogP contribution in [0.5, 0.6) is 0 Å². The van der Waals surface area contributed by atoms with E-state index in [1.165, 1.54) is 6.92 Å². The Labute approximate surface area is 105 Å². The maximum absolute atomic E-state index is 11.3. The Morgan fingerprint density at radius 3 is 2.33 bits per heavy atom. The van der Waals surface area contributed by atoms with Gasteiger partial charge < -0.3 is 26.1 Å². The quantitative estimate of drug-likeness (QED) is 0.349. The van der Waals surface area contributed by atoms with Gasteiger partial charge in [-0.2, -0.15) is 0 Å². The van der Waals surface area contributed by atoms with E-state index in [4.69, 9.17) is 0 Å². The van der Waals surface area contributed by atoms with Crippen LogP contribution in [0.15, 0.2) is 0 Å². The second kappa shape index (κ2) is 9.11. The zero-order valence-electron chi connectivity index (χ0n) is 10.4. The SMILES string of the molecule is CNCC(=O)NCC(=O)N[C@@H](C)C(=O)NCC=O. The van der Waals surface area contributed by atoms with E-state index in [1.54, 1.807) is 7.05 Å². The molecule has 18 heavy (non-hydrogen) atoms. The summed E-state index contributed by atoms with van der Waals surface area (Å²) in [4.78, 5) is 43.7. The summed E-state index contributed by atoms with van der Waals surface area (Å²) in [5.41, 5.74) is 0. The fourth-order valence-electron chi connectivity index (χ4n) is 1.06. The maximum Gasteiger partial charge on any atom is 0.242 e. The summed E-state index contributed by atoms with van der Waals surface area (Å²) in [5, 5.41) is 9.69. The van der Waals surface area contributed by atoms with Gasteiger partial charge in [0.05, 0.1) is 19.6 Å². The van der Waals surface area contributed by atoms with Crippen LogP contribution < -0.4 is 21.3 Å². The molecule has 0 heterocycles. The van der Waals surface area contributed by atoms with Crippen LogP contribution in [0.25, 0.3) is 0 Å². The fraction of sp³-hybridized carbons (Fsp3) is 0.600. The Hall–Kier alpha value is -1.96. The van der Waals surface area contributed by atoms with Crippen LogP contribution in [0.2, 0.25) is 0 Å². The number of rotatable bonds is 8. The third kappa shape index (κ3) is 7.34. The summed E-state index contributed by atoms with van der Waals surface area (Å²) in [5.74, 6) is -1.25. The van der Waals surface area contributed by atoms with Crippen molar-refractivity contribution in [3.05, 3.63) is 0 Å². The van der Waals surface area contributed by atoms with Gasteiger partial charge in [0.15, 0.2) is 0 Å². The monoisotopic (exact) mass is 258 g/mol. The van der Waals surface area contributed by atoms with Crippen LogP contribution in [0.4, 0.5) is 0 Å². The molecule has 0 aromatic carbocycles. The van der Waals surface area contributed by atoms with Gasteiger partial charge in [-0.05, 0) is 14.0 Å². The Balaban J connectivity index is 3.89. The summed E-state index contributed by atoms with van der Waals surface area (Å²) in [7, 11) is 1.61. The lowest BCUT2D eigenvalue weighted by Gasteiger charge is -2.13. The van der Waals surface area contributed by atoms with Crippen LogP contribution in [0.1, 0.15) is 6.92 Å². The average Bonchev–Trinajstić information content (AvgIpc) is 2.33. The van der Waals surface area contributed by atoms with E-state index in [-0.39, 0.29) is 25.5 Å². The Morgan fingerprint density at radius 1 is 1.11 bits per heavy atom. The molecule has 1 atom stereocenters. The third-order valence-electron chi connectivity index (χ3n) is 1.91. The second-order valence-electron chi connectivity index (χ2n) is 3.51. The van der Waals surface area contributed by atoms with E-state index in [9.17, 15) is 19.2 Å². The molecule has 0 saturated carbocycles. The number of carbonyl (C=O) groups is 4. The van der Waals surface area contributed by atoms with Gasteiger partial charge in [0, 0.05) is 0 Å². The first kappa shape index (κ1) is 16.0. The van der Waals surface area contributed by atoms with E-state index in [1.807, 2.05) is 0 Å². The number of aldehydes is 1. The van der Waals surface area contributed by atoms with Crippen LogP contribution >= 0.6 is 0 Å². The molecule has 0 unspecified atom stereocenters. The molecule has 0 bridgehead atoms. The molecule has 8 heteroatoms. The second-order valence-corrected chi connectivity index (χ2v) is 3.51. The van der Waals surface area contributed by atoms with Gasteiger partial charge in [-0.15, -0.1) is 0 Å². The standard InChI is InChI=1S/C10H18N4O4/c1-7(10(18)12-3-4-15)14-9(17)6-13-8(16)5-11-2/h4,7,11H,3,5-6H2,1-2H3,(H,12,18)(H,13,16)(H,14,17)/t7-/m0/s1. The smallest absolute Gasteiger partial charge is 0.242 e. The van der Waals surface area contributed by atoms with E-state index in [2.05, 4.69) is 21.3 Å². The molecule has 0 radical (unpaired) electrons. The number of likely N-dealkylation sites (N-methyl/N-ethyl adjacent to an activating group) is 1. The van der Waals surface area contributed by atoms with Gasteiger partial charge in [0.2, 0.25) is 17.7 Å². The van der Waals surface area contributed by atoms with E-state index in [0.29, 0.717) is 6.29 Å². The molecule has 4 N–H and O–H groups in total. The normalized spacial score (nSPS) is 11.2. The van der Waals surface area contributed by atoms with E-state index in [0.717, 1.165) is 0 Å². The predicted molar refractivity (Wildman–Crippen MR) is 63.6 cm³/mol. The molecule has 0 aliphatic rings. The van der Waals surface area contributed by atoms with Crippen molar-refractivity contribution in [2.45, 2.75) is 13.0 Å². The van der Waals surface area contributed by atoms with Crippen LogP contribution in [0, 0.1) is 0 Å². The topological polar surface area (TPSA) is 116 Å². The van der Waals surface area contributed by atoms with E-state index < -0.39 is 17.9 Å². The zero-order chi connectivity index (χ0) is 14.0. The summed E-state index contributed by atoms with van der Waals surface area (Å²) in [6, 6.07) is -0.765. The van der Waals surface area contributed by atoms with Crippen LogP contribution in [-0.4, -0.2) is 56.7 Å². The lowest BCUT2D eigenvalue weighted by atomic mass is 10.3. The van der Waals surface area contributed by atoms with Gasteiger partial charge in [0.25, 0.3) is 0 Å². The average molecular weight is 258 g/mol. The minimum Gasteiger partial charge on any atom is -0.348 e. The summed E-state index contributed by atoms with van der Waals surface area (Å²) in [6.07, 6.45) is 0.546. The minimum atomic E-state index is -0.765. The van der Waals surface area contributed by atoms with Gasteiger partial charge in [0.1, 0.15) is 12.3 Å². The summed E-state index contributed by atoms with van der Waals surface area (Å²) < 4.78 is 0. The predicted octanol–water partition coefficient (Wildman–Crippen LogP) is -2.86. The molecule has 0 rings (SSSR count). The van der Waals surface area contributed by atoms with Gasteiger partial charge in [-0.3, -0.25) is 14.4 Å². The summed E-state index contributed by atoms with van der Waals surface area (Å²) >= 11 is 0. The lowest BCUT2D eigenvalue weighted by Crippen LogP contribution is -2.48. The molecule has 0 saturated heterocycles. The third-order valence-corrected chi connectivity index (χ3v) is 1.91. The van der Waals surface area contributed by atoms with Crippen molar-refractivity contribution in [2.75, 3.05) is 26.7 Å². The molecular weight excluding hydrogens is 240 g/mol. The molecule has 0 aliphatic heterocycles. The van der Waals surface area contributed by atoms with Crippen molar-refractivity contribution in [1.82, 2.24) is 21.3 Å². The molecule has 0 fully saturated rings. The highest BCUT2D eigenvalue weighted by molar-refractivity contribution is 5.90. The Bertz CT molecular complexity index is 319. The van der Waals surface area contributed by atoms with Crippen molar-refractivity contribution in [1.29, 1.82) is 0 Å². The van der Waals surface area contributed by atoms with Crippen LogP contribution in [0.3, 0.4) is 0 Å². The van der Waals surface area contributed by atoms with E-state index >= 15 is 0 Å². The number of nitrogens with one attached hydrogen (secondary N) is 4. The first-order chi connectivity index (χ1) is 8.51. The minimum absolute atomic E-state index is 0.0993. The zero-order valence-corrected chi connectivity index (χ0v) is 10.4. The van der Waals surface area contributed by atoms with Crippen molar-refractivity contribution in [3.8, 4) is 0 Å². The number of hydrogen-bond acceptors (Lipinski definition) is 5. The van der Waals surface area contributed by atoms with Gasteiger partial charge >= 0.3 is 0 Å².